The van der Waals surface area contributed by atoms with Crippen molar-refractivity contribution < 1.29 is 28.7 Å². The lowest BCUT2D eigenvalue weighted by Gasteiger charge is -2.41. The molecule has 2 aliphatic heterocycles. The van der Waals surface area contributed by atoms with Gasteiger partial charge in [0.2, 0.25) is 23.6 Å². The van der Waals surface area contributed by atoms with Gasteiger partial charge >= 0.3 is 0 Å². The molecule has 328 valence electrons. The molecule has 1 aliphatic carbocycles. The molecule has 59 heavy (non-hydrogen) atoms. The van der Waals surface area contributed by atoms with Gasteiger partial charge in [0.25, 0.3) is 0 Å². The summed E-state index contributed by atoms with van der Waals surface area (Å²) in [7, 11) is 7.01. The standard InChI is InChI=1S/C44H68IN7O6S/c1-11-26(4)38(51(8)44(56)37(25(2)3)48-42(55)39-31-18-19-33(27(31)5)50(39)7)35(57-9)24-36(53)52-21-12-13-34(52)40(58-10)28(6)41(54)47-32(43-46-20-22-59-43)23-29-14-16-30(49-45)17-15-29/h14-17,20,22,25-28,31-35,37-40,49H,11-13,18-19,21,23-24H2,1-10H3,(H,47,54)(H,48,55)/t26-,27-,28+,31-,32-,33-,34-,35+,37-,38?,39-,40+/m0/s1. The maximum Gasteiger partial charge on any atom is 0.245 e. The van der Waals surface area contributed by atoms with Crippen LogP contribution in [0.1, 0.15) is 96.7 Å². The van der Waals surface area contributed by atoms with Crippen molar-refractivity contribution in [2.45, 2.75) is 135 Å². The second-order valence-corrected chi connectivity index (χ2v) is 19.0. The molecule has 2 aromatic rings. The van der Waals surface area contributed by atoms with Crippen LogP contribution in [0.25, 0.3) is 0 Å². The van der Waals surface area contributed by atoms with Crippen LogP contribution in [0, 0.1) is 29.6 Å². The molecular formula is C44H68IN7O6S. The quantitative estimate of drug-likeness (QED) is 0.106. The molecule has 15 heteroatoms. The van der Waals surface area contributed by atoms with Crippen molar-refractivity contribution in [2.24, 2.45) is 29.6 Å². The summed E-state index contributed by atoms with van der Waals surface area (Å²) < 4.78 is 15.3. The number of fused-ring (bicyclic) bond motifs is 2. The average Bonchev–Trinajstić information content (AvgIpc) is 4.05. The molecular weight excluding hydrogens is 881 g/mol. The topological polar surface area (TPSA) is 145 Å². The number of hydrogen-bond acceptors (Lipinski definition) is 10. The molecule has 2 bridgehead atoms. The van der Waals surface area contributed by atoms with Crippen molar-refractivity contribution in [3.8, 4) is 0 Å². The number of piperidine rings is 1. The van der Waals surface area contributed by atoms with E-state index in [2.05, 4.69) is 67.7 Å². The van der Waals surface area contributed by atoms with Crippen LogP contribution >= 0.6 is 34.2 Å². The number of likely N-dealkylation sites (tertiary alicyclic amines) is 2. The van der Waals surface area contributed by atoms with Crippen molar-refractivity contribution in [3.63, 3.8) is 0 Å². The maximum absolute atomic E-state index is 14.5. The van der Waals surface area contributed by atoms with Crippen LogP contribution in [0.5, 0.6) is 0 Å². The lowest BCUT2D eigenvalue weighted by molar-refractivity contribution is -0.148. The molecule has 12 atom stereocenters. The van der Waals surface area contributed by atoms with Gasteiger partial charge in [0.05, 0.1) is 71.6 Å². The summed E-state index contributed by atoms with van der Waals surface area (Å²) >= 11 is 3.61. The first kappa shape index (κ1) is 47.2. The van der Waals surface area contributed by atoms with Gasteiger partial charge in [-0.1, -0.05) is 60.1 Å². The van der Waals surface area contributed by atoms with Crippen molar-refractivity contribution in [2.75, 3.05) is 38.4 Å². The highest BCUT2D eigenvalue weighted by Gasteiger charge is 2.53. The molecule has 2 saturated heterocycles. The van der Waals surface area contributed by atoms with Crippen molar-refractivity contribution in [1.82, 2.24) is 30.3 Å². The maximum atomic E-state index is 14.5. The Balaban J connectivity index is 1.27. The van der Waals surface area contributed by atoms with Crippen LogP contribution in [-0.2, 0) is 35.1 Å². The smallest absolute Gasteiger partial charge is 0.245 e. The molecule has 3 aliphatic rings. The van der Waals surface area contributed by atoms with Gasteiger partial charge in [-0.05, 0) is 80.5 Å². The van der Waals surface area contributed by atoms with E-state index in [0.29, 0.717) is 37.3 Å². The number of ether oxygens (including phenoxy) is 2. The van der Waals surface area contributed by atoms with E-state index < -0.39 is 30.2 Å². The van der Waals surface area contributed by atoms with E-state index in [1.165, 1.54) is 11.3 Å². The molecule has 4 amide bonds. The third-order valence-electron chi connectivity index (χ3n) is 13.8. The number of likely N-dealkylation sites (N-methyl/N-ethyl adjacent to an activating group) is 2. The number of hydrogen-bond donors (Lipinski definition) is 3. The molecule has 3 fully saturated rings. The minimum Gasteiger partial charge on any atom is -0.379 e. The fourth-order valence-electron chi connectivity index (χ4n) is 10.2. The van der Waals surface area contributed by atoms with Crippen LogP contribution in [0.3, 0.4) is 0 Å². The second-order valence-electron chi connectivity index (χ2n) is 17.5. The first-order chi connectivity index (χ1) is 28.2. The zero-order chi connectivity index (χ0) is 43.1. The van der Waals surface area contributed by atoms with Crippen molar-refractivity contribution in [3.05, 3.63) is 46.4 Å². The summed E-state index contributed by atoms with van der Waals surface area (Å²) in [6.07, 6.45) is 5.62. The van der Waals surface area contributed by atoms with Gasteiger partial charge in [0, 0.05) is 51.1 Å². The molecule has 3 N–H and O–H groups in total. The fourth-order valence-corrected chi connectivity index (χ4v) is 11.3. The zero-order valence-corrected chi connectivity index (χ0v) is 39.6. The van der Waals surface area contributed by atoms with Crippen LogP contribution < -0.4 is 14.2 Å². The van der Waals surface area contributed by atoms with Crippen LogP contribution in [0.15, 0.2) is 35.8 Å². The molecule has 5 rings (SSSR count). The number of aromatic nitrogens is 1. The molecule has 1 aromatic carbocycles. The van der Waals surface area contributed by atoms with Gasteiger partial charge in [-0.2, -0.15) is 0 Å². The lowest BCUT2D eigenvalue weighted by atomic mass is 9.89. The Kier molecular flexibility index (Phi) is 17.0. The molecule has 0 spiro atoms. The van der Waals surface area contributed by atoms with E-state index in [1.807, 2.05) is 62.4 Å². The molecule has 1 aromatic heterocycles. The highest BCUT2D eigenvalue weighted by Crippen LogP contribution is 2.46. The van der Waals surface area contributed by atoms with Gasteiger partial charge in [-0.15, -0.1) is 11.3 Å². The Morgan fingerprint density at radius 3 is 2.31 bits per heavy atom. The van der Waals surface area contributed by atoms with E-state index in [1.54, 1.807) is 32.4 Å². The number of nitrogens with zero attached hydrogens (tertiary/aromatic N) is 4. The monoisotopic (exact) mass is 949 g/mol. The first-order valence-electron chi connectivity index (χ1n) is 21.5. The highest BCUT2D eigenvalue weighted by atomic mass is 127. The number of methoxy groups -OCH3 is 2. The number of anilines is 1. The number of rotatable bonds is 20. The summed E-state index contributed by atoms with van der Waals surface area (Å²) in [4.78, 5) is 67.0. The minimum absolute atomic E-state index is 0.000694. The Hall–Kier alpha value is -2.86. The normalized spacial score (nSPS) is 25.2. The van der Waals surface area contributed by atoms with Crippen LogP contribution in [0.2, 0.25) is 0 Å². The van der Waals surface area contributed by atoms with E-state index in [0.717, 1.165) is 41.9 Å². The third-order valence-corrected chi connectivity index (χ3v) is 15.3. The van der Waals surface area contributed by atoms with E-state index in [-0.39, 0.29) is 60.0 Å². The summed E-state index contributed by atoms with van der Waals surface area (Å²) in [6, 6.07) is 6.48. The minimum atomic E-state index is -0.720. The Morgan fingerprint density at radius 2 is 1.75 bits per heavy atom. The summed E-state index contributed by atoms with van der Waals surface area (Å²) in [5, 5.41) is 9.16. The molecule has 3 heterocycles. The van der Waals surface area contributed by atoms with Crippen molar-refractivity contribution >= 4 is 63.5 Å². The summed E-state index contributed by atoms with van der Waals surface area (Å²) in [6.45, 7) is 12.7. The predicted molar refractivity (Wildman–Crippen MR) is 241 cm³/mol. The number of thiazole rings is 1. The van der Waals surface area contributed by atoms with E-state index >= 15 is 0 Å². The zero-order valence-electron chi connectivity index (χ0n) is 36.7. The largest absolute Gasteiger partial charge is 0.379 e. The number of carbonyl (C=O) groups excluding carboxylic acids is 4. The Bertz CT molecular complexity index is 1700. The van der Waals surface area contributed by atoms with Gasteiger partial charge in [-0.25, -0.2) is 4.98 Å². The lowest BCUT2D eigenvalue weighted by Crippen LogP contribution is -2.60. The number of benzene rings is 1. The number of nitrogens with one attached hydrogen (secondary N) is 3. The molecule has 13 nitrogen and oxygen atoms in total. The molecule has 1 saturated carbocycles. The third kappa shape index (κ3) is 10.6. The van der Waals surface area contributed by atoms with E-state index in [4.69, 9.17) is 9.47 Å². The molecule has 0 radical (unpaired) electrons. The summed E-state index contributed by atoms with van der Waals surface area (Å²) in [5.74, 6) is -0.500. The number of halogens is 1. The fraction of sp³-hybridized carbons (Fsp3) is 0.705. The average molecular weight is 950 g/mol. The van der Waals surface area contributed by atoms with Crippen LogP contribution in [0.4, 0.5) is 5.69 Å². The molecule has 1 unspecified atom stereocenters. The van der Waals surface area contributed by atoms with Gasteiger partial charge in [0.1, 0.15) is 11.0 Å². The van der Waals surface area contributed by atoms with E-state index in [9.17, 15) is 19.2 Å². The van der Waals surface area contributed by atoms with Crippen LogP contribution in [-0.4, -0.2) is 121 Å². The predicted octanol–water partition coefficient (Wildman–Crippen LogP) is 6.09. The number of carbonyl (C=O) groups is 4. The Labute approximate surface area is 370 Å². The van der Waals surface area contributed by atoms with Gasteiger partial charge < -0.3 is 33.4 Å². The summed E-state index contributed by atoms with van der Waals surface area (Å²) in [5.41, 5.74) is 2.07. The van der Waals surface area contributed by atoms with Crippen molar-refractivity contribution in [1.29, 1.82) is 0 Å². The second kappa shape index (κ2) is 21.3. The first-order valence-corrected chi connectivity index (χ1v) is 23.4. The SMILES string of the molecule is CC[C@H](C)C([C@@H](CC(=O)N1CCC[C@H]1[C@H](OC)[C@@H](C)C(=O)N[C@@H](Cc1ccc(NI)cc1)c1nccs1)OC)N(C)C(=O)[C@@H](NC(=O)[C@@H]1[C@H]2CC[C@@H]([C@H]2C)N1C)C(C)C. The number of amides is 4. The van der Waals surface area contributed by atoms with Gasteiger partial charge in [-0.3, -0.25) is 24.1 Å². The highest BCUT2D eigenvalue weighted by molar-refractivity contribution is 14.1. The van der Waals surface area contributed by atoms with Gasteiger partial charge in [0.15, 0.2) is 0 Å². The Morgan fingerprint density at radius 1 is 1.03 bits per heavy atom.